The smallest absolute Gasteiger partial charge is 0.274 e. The molecule has 0 radical (unpaired) electrons. The molecule has 0 unspecified atom stereocenters. The molecule has 1 saturated heterocycles. The average Bonchev–Trinajstić information content (AvgIpc) is 2.73. The predicted octanol–water partition coefficient (Wildman–Crippen LogP) is 2.97. The van der Waals surface area contributed by atoms with Crippen molar-refractivity contribution in [3.05, 3.63) is 59.4 Å². The quantitative estimate of drug-likeness (QED) is 0.768. The number of hydrogen-bond donors (Lipinski definition) is 0. The number of carbonyl (C=O) groups excluding carboxylic acids is 2. The van der Waals surface area contributed by atoms with Crippen LogP contribution >= 0.6 is 0 Å². The minimum absolute atomic E-state index is 0.0617. The summed E-state index contributed by atoms with van der Waals surface area (Å²) in [4.78, 5) is 37.2. The number of aryl methyl sites for hydroxylation is 1. The van der Waals surface area contributed by atoms with Crippen molar-refractivity contribution >= 4 is 11.8 Å². The molecule has 2 amide bonds. The molecule has 7 heteroatoms. The van der Waals surface area contributed by atoms with Crippen molar-refractivity contribution < 1.29 is 14.0 Å². The molecule has 1 fully saturated rings. The lowest BCUT2D eigenvalue weighted by atomic mass is 10.1. The highest BCUT2D eigenvalue weighted by Gasteiger charge is 2.22. The van der Waals surface area contributed by atoms with E-state index < -0.39 is 0 Å². The normalized spacial score (nSPS) is 14.0. The van der Waals surface area contributed by atoms with Crippen molar-refractivity contribution in [3.63, 3.8) is 0 Å². The number of rotatable bonds is 6. The first-order valence-electron chi connectivity index (χ1n) is 9.63. The first-order valence-corrected chi connectivity index (χ1v) is 9.63. The van der Waals surface area contributed by atoms with Gasteiger partial charge in [-0.2, -0.15) is 0 Å². The zero-order valence-electron chi connectivity index (χ0n) is 16.1. The molecule has 6 nitrogen and oxygen atoms in total. The maximum Gasteiger partial charge on any atom is 0.274 e. The van der Waals surface area contributed by atoms with Crippen molar-refractivity contribution in [2.24, 2.45) is 0 Å². The summed E-state index contributed by atoms with van der Waals surface area (Å²) < 4.78 is 13.2. The van der Waals surface area contributed by atoms with Gasteiger partial charge in [0.1, 0.15) is 11.5 Å². The average molecular weight is 384 g/mol. The number of likely N-dealkylation sites (tertiary alicyclic amines) is 1. The van der Waals surface area contributed by atoms with Crippen LogP contribution in [0.25, 0.3) is 0 Å². The summed E-state index contributed by atoms with van der Waals surface area (Å²) in [6.45, 7) is 3.93. The Bertz CT molecular complexity index is 802. The molecular weight excluding hydrogens is 359 g/mol. The highest BCUT2D eigenvalue weighted by Crippen LogP contribution is 2.13. The highest BCUT2D eigenvalue weighted by atomic mass is 19.1. The molecule has 3 rings (SSSR count). The van der Waals surface area contributed by atoms with Crippen molar-refractivity contribution in [1.29, 1.82) is 0 Å². The minimum atomic E-state index is -0.327. The van der Waals surface area contributed by atoms with Crippen LogP contribution in [0.5, 0.6) is 0 Å². The van der Waals surface area contributed by atoms with E-state index in [0.717, 1.165) is 43.6 Å². The molecule has 1 aliphatic rings. The van der Waals surface area contributed by atoms with Crippen molar-refractivity contribution in [3.8, 4) is 0 Å². The second-order valence-corrected chi connectivity index (χ2v) is 7.09. The number of piperidine rings is 1. The Hall–Kier alpha value is -2.83. The first-order chi connectivity index (χ1) is 13.5. The molecule has 0 N–H and O–H groups in total. The maximum atomic E-state index is 13.2. The Morgan fingerprint density at radius 1 is 1.07 bits per heavy atom. The Morgan fingerprint density at radius 3 is 2.43 bits per heavy atom. The number of hydrogen-bond acceptors (Lipinski definition) is 4. The fourth-order valence-electron chi connectivity index (χ4n) is 3.26. The summed E-state index contributed by atoms with van der Waals surface area (Å²) in [5, 5.41) is 0. The number of benzene rings is 1. The minimum Gasteiger partial charge on any atom is -0.343 e. The van der Waals surface area contributed by atoms with Gasteiger partial charge < -0.3 is 9.80 Å². The summed E-state index contributed by atoms with van der Waals surface area (Å²) in [6.07, 6.45) is 6.47. The molecule has 0 bridgehead atoms. The Balaban J connectivity index is 1.71. The van der Waals surface area contributed by atoms with Crippen molar-refractivity contribution in [1.82, 2.24) is 19.8 Å². The van der Waals surface area contributed by atoms with Crippen LogP contribution in [0.2, 0.25) is 0 Å². The van der Waals surface area contributed by atoms with Gasteiger partial charge in [0.15, 0.2) is 0 Å². The zero-order chi connectivity index (χ0) is 19.9. The lowest BCUT2D eigenvalue weighted by Crippen LogP contribution is -2.39. The summed E-state index contributed by atoms with van der Waals surface area (Å²) in [7, 11) is 0. The van der Waals surface area contributed by atoms with Gasteiger partial charge in [0, 0.05) is 38.8 Å². The van der Waals surface area contributed by atoms with Crippen LogP contribution in [0.4, 0.5) is 4.39 Å². The third-order valence-electron chi connectivity index (χ3n) is 4.88. The van der Waals surface area contributed by atoms with E-state index in [0.29, 0.717) is 0 Å². The van der Waals surface area contributed by atoms with Crippen LogP contribution in [0.15, 0.2) is 36.7 Å². The van der Waals surface area contributed by atoms with Gasteiger partial charge in [-0.05, 0) is 43.9 Å². The Morgan fingerprint density at radius 2 is 1.79 bits per heavy atom. The second kappa shape index (κ2) is 9.39. The van der Waals surface area contributed by atoms with Gasteiger partial charge in [-0.1, -0.05) is 12.1 Å². The molecule has 148 valence electrons. The largest absolute Gasteiger partial charge is 0.343 e. The van der Waals surface area contributed by atoms with E-state index in [-0.39, 0.29) is 42.8 Å². The zero-order valence-corrected chi connectivity index (χ0v) is 16.1. The SMILES string of the molecule is Cc1cnc(C(=O)N(CCC(=O)N2CCCCC2)Cc2ccc(F)cc2)cn1. The van der Waals surface area contributed by atoms with Gasteiger partial charge in [-0.15, -0.1) is 0 Å². The van der Waals surface area contributed by atoms with Gasteiger partial charge >= 0.3 is 0 Å². The summed E-state index contributed by atoms with van der Waals surface area (Å²) in [5.41, 5.74) is 1.75. The Labute approximate surface area is 164 Å². The summed E-state index contributed by atoms with van der Waals surface area (Å²) >= 11 is 0. The van der Waals surface area contributed by atoms with E-state index in [4.69, 9.17) is 0 Å². The van der Waals surface area contributed by atoms with Gasteiger partial charge in [0.05, 0.1) is 11.9 Å². The molecule has 1 aromatic heterocycles. The lowest BCUT2D eigenvalue weighted by Gasteiger charge is -2.28. The van der Waals surface area contributed by atoms with Crippen LogP contribution in [0.1, 0.15) is 47.4 Å². The van der Waals surface area contributed by atoms with E-state index >= 15 is 0 Å². The fraction of sp³-hybridized carbons (Fsp3) is 0.429. The van der Waals surface area contributed by atoms with E-state index in [1.165, 1.54) is 18.3 Å². The third kappa shape index (κ3) is 5.34. The number of halogens is 1. The fourth-order valence-corrected chi connectivity index (χ4v) is 3.26. The van der Waals surface area contributed by atoms with Crippen LogP contribution in [-0.4, -0.2) is 51.2 Å². The molecule has 0 aliphatic carbocycles. The molecule has 0 saturated carbocycles. The van der Waals surface area contributed by atoms with Gasteiger partial charge in [-0.3, -0.25) is 14.6 Å². The van der Waals surface area contributed by atoms with E-state index in [2.05, 4.69) is 9.97 Å². The van der Waals surface area contributed by atoms with Gasteiger partial charge in [0.25, 0.3) is 5.91 Å². The van der Waals surface area contributed by atoms with Crippen LogP contribution in [-0.2, 0) is 11.3 Å². The number of nitrogens with zero attached hydrogens (tertiary/aromatic N) is 4. The van der Waals surface area contributed by atoms with E-state index in [1.807, 2.05) is 4.90 Å². The molecular formula is C21H25FN4O2. The van der Waals surface area contributed by atoms with Gasteiger partial charge in [0.2, 0.25) is 5.91 Å². The summed E-state index contributed by atoms with van der Waals surface area (Å²) in [6, 6.07) is 6.01. The standard InChI is InChI=1S/C21H25FN4O2/c1-16-13-24-19(14-23-16)21(28)26(15-17-5-7-18(22)8-6-17)12-9-20(27)25-10-3-2-4-11-25/h5-8,13-14H,2-4,9-12,15H2,1H3. The molecule has 0 spiro atoms. The second-order valence-electron chi connectivity index (χ2n) is 7.09. The van der Waals surface area contributed by atoms with Crippen LogP contribution < -0.4 is 0 Å². The molecule has 2 heterocycles. The number of amides is 2. The predicted molar refractivity (Wildman–Crippen MR) is 103 cm³/mol. The van der Waals surface area contributed by atoms with E-state index in [9.17, 15) is 14.0 Å². The molecule has 28 heavy (non-hydrogen) atoms. The molecule has 2 aromatic rings. The highest BCUT2D eigenvalue weighted by molar-refractivity contribution is 5.92. The number of carbonyl (C=O) groups is 2. The molecule has 1 aliphatic heterocycles. The summed E-state index contributed by atoms with van der Waals surface area (Å²) in [5.74, 6) is -0.554. The molecule has 0 atom stereocenters. The first kappa shape index (κ1) is 19.9. The maximum absolute atomic E-state index is 13.2. The number of aromatic nitrogens is 2. The van der Waals surface area contributed by atoms with E-state index in [1.54, 1.807) is 30.2 Å². The Kier molecular flexibility index (Phi) is 6.68. The van der Waals surface area contributed by atoms with Crippen molar-refractivity contribution in [2.45, 2.75) is 39.2 Å². The molecule has 1 aromatic carbocycles. The topological polar surface area (TPSA) is 66.4 Å². The van der Waals surface area contributed by atoms with Crippen LogP contribution in [0, 0.1) is 12.7 Å². The van der Waals surface area contributed by atoms with Crippen LogP contribution in [0.3, 0.4) is 0 Å². The lowest BCUT2D eigenvalue weighted by molar-refractivity contribution is -0.132. The van der Waals surface area contributed by atoms with Crippen molar-refractivity contribution in [2.75, 3.05) is 19.6 Å². The van der Waals surface area contributed by atoms with Gasteiger partial charge in [-0.25, -0.2) is 9.37 Å². The third-order valence-corrected chi connectivity index (χ3v) is 4.88. The monoisotopic (exact) mass is 384 g/mol.